The molecule has 48 heavy (non-hydrogen) atoms. The van der Waals surface area contributed by atoms with E-state index in [2.05, 4.69) is 0 Å². The SMILES string of the molecule is CCOC(=O)C1=C(c2ccccc2)N=c2s/c(=C\c3cc(Cl)ccc3OCc3ccccc3F)c(=O)n2[C@@H]1c1ccc(OC)c(OC)c1. The fourth-order valence-corrected chi connectivity index (χ4v) is 6.63. The average molecular weight is 685 g/mol. The molecule has 1 aromatic heterocycles. The predicted octanol–water partition coefficient (Wildman–Crippen LogP) is 6.32. The lowest BCUT2D eigenvalue weighted by Gasteiger charge is -2.26. The standard InChI is InChI=1S/C37H30ClFN2O6S/c1-4-46-36(43)32-33(22-10-6-5-7-11-22)40-37-41(34(32)23-14-16-29(44-2)30(19-23)45-3)35(42)31(48-37)20-25-18-26(38)15-17-28(25)47-21-24-12-8-9-13-27(24)39/h5-20,34H,4,21H2,1-3H3/b31-20-/t34-/m1/s1. The van der Waals surface area contributed by atoms with E-state index in [0.29, 0.717) is 59.6 Å². The molecule has 1 aliphatic rings. The van der Waals surface area contributed by atoms with Gasteiger partial charge >= 0.3 is 5.97 Å². The predicted molar refractivity (Wildman–Crippen MR) is 183 cm³/mol. The minimum atomic E-state index is -0.923. The van der Waals surface area contributed by atoms with Crippen LogP contribution in [0.3, 0.4) is 0 Å². The topological polar surface area (TPSA) is 88.4 Å². The van der Waals surface area contributed by atoms with E-state index >= 15 is 0 Å². The van der Waals surface area contributed by atoms with Crippen LogP contribution in [0.25, 0.3) is 11.8 Å². The molecule has 0 bridgehead atoms. The van der Waals surface area contributed by atoms with E-state index in [-0.39, 0.29) is 24.6 Å². The van der Waals surface area contributed by atoms with E-state index in [1.807, 2.05) is 30.3 Å². The number of carbonyl (C=O) groups excluding carboxylic acids is 1. The molecule has 11 heteroatoms. The molecule has 0 saturated heterocycles. The molecule has 5 aromatic rings. The zero-order chi connectivity index (χ0) is 33.8. The number of fused-ring (bicyclic) bond motifs is 1. The number of hydrogen-bond donors (Lipinski definition) is 0. The van der Waals surface area contributed by atoms with Crippen molar-refractivity contribution >= 4 is 40.7 Å². The fraction of sp³-hybridized carbons (Fsp3) is 0.162. The van der Waals surface area contributed by atoms with Crippen molar-refractivity contribution in [1.82, 2.24) is 4.57 Å². The lowest BCUT2D eigenvalue weighted by atomic mass is 9.93. The number of halogens is 2. The Morgan fingerprint density at radius 2 is 1.69 bits per heavy atom. The summed E-state index contributed by atoms with van der Waals surface area (Å²) < 4.78 is 38.7. The molecule has 0 radical (unpaired) electrons. The van der Waals surface area contributed by atoms with Gasteiger partial charge < -0.3 is 18.9 Å². The highest BCUT2D eigenvalue weighted by Crippen LogP contribution is 2.38. The quantitative estimate of drug-likeness (QED) is 0.160. The Bertz CT molecular complexity index is 2210. The number of carbonyl (C=O) groups is 1. The minimum absolute atomic E-state index is 0.0287. The summed E-state index contributed by atoms with van der Waals surface area (Å²) in [6.07, 6.45) is 1.66. The first-order chi connectivity index (χ1) is 23.3. The molecular formula is C37H30ClFN2O6S. The summed E-state index contributed by atoms with van der Waals surface area (Å²) in [5.41, 5.74) is 2.36. The number of hydrogen-bond acceptors (Lipinski definition) is 8. The third kappa shape index (κ3) is 6.49. The smallest absolute Gasteiger partial charge is 0.338 e. The number of benzene rings is 4. The fourth-order valence-electron chi connectivity index (χ4n) is 5.45. The second-order valence-electron chi connectivity index (χ2n) is 10.6. The Labute approximate surface area is 284 Å². The molecule has 0 spiro atoms. The summed E-state index contributed by atoms with van der Waals surface area (Å²) in [7, 11) is 3.05. The van der Waals surface area contributed by atoms with Gasteiger partial charge in [0.1, 0.15) is 18.2 Å². The number of rotatable bonds is 10. The summed E-state index contributed by atoms with van der Waals surface area (Å²) in [5.74, 6) is 0.328. The molecule has 8 nitrogen and oxygen atoms in total. The van der Waals surface area contributed by atoms with Crippen LogP contribution < -0.4 is 29.1 Å². The molecule has 0 N–H and O–H groups in total. The number of thiazole rings is 1. The monoisotopic (exact) mass is 684 g/mol. The zero-order valence-electron chi connectivity index (χ0n) is 26.2. The molecule has 1 atom stereocenters. The summed E-state index contributed by atoms with van der Waals surface area (Å²) in [6, 6.07) is 24.9. The lowest BCUT2D eigenvalue weighted by molar-refractivity contribution is -0.138. The third-order valence-corrected chi connectivity index (χ3v) is 8.91. The highest BCUT2D eigenvalue weighted by molar-refractivity contribution is 7.07. The van der Waals surface area contributed by atoms with Gasteiger partial charge in [-0.2, -0.15) is 0 Å². The highest BCUT2D eigenvalue weighted by atomic mass is 35.5. The Hall–Kier alpha value is -5.19. The van der Waals surface area contributed by atoms with Crippen LogP contribution in [0.2, 0.25) is 5.02 Å². The lowest BCUT2D eigenvalue weighted by Crippen LogP contribution is -2.40. The maximum absolute atomic E-state index is 14.4. The molecule has 1 aliphatic heterocycles. The van der Waals surface area contributed by atoms with E-state index in [1.165, 1.54) is 24.9 Å². The van der Waals surface area contributed by atoms with Crippen molar-refractivity contribution < 1.29 is 28.1 Å². The van der Waals surface area contributed by atoms with E-state index in [1.54, 1.807) is 67.6 Å². The Morgan fingerprint density at radius 3 is 2.42 bits per heavy atom. The second-order valence-corrected chi connectivity index (χ2v) is 12.1. The molecule has 244 valence electrons. The van der Waals surface area contributed by atoms with E-state index in [9.17, 15) is 14.0 Å². The second kappa shape index (κ2) is 14.3. The van der Waals surface area contributed by atoms with Crippen molar-refractivity contribution in [2.24, 2.45) is 4.99 Å². The van der Waals surface area contributed by atoms with E-state index in [0.717, 1.165) is 11.3 Å². The normalized spacial score (nSPS) is 14.3. The first kappa shape index (κ1) is 32.7. The van der Waals surface area contributed by atoms with Gasteiger partial charge in [0.25, 0.3) is 5.56 Å². The van der Waals surface area contributed by atoms with Crippen molar-refractivity contribution in [1.29, 1.82) is 0 Å². The van der Waals surface area contributed by atoms with Crippen LogP contribution in [-0.2, 0) is 16.1 Å². The maximum Gasteiger partial charge on any atom is 0.338 e. The molecule has 6 rings (SSSR count). The molecule has 0 unspecified atom stereocenters. The van der Waals surface area contributed by atoms with Gasteiger partial charge in [-0.15, -0.1) is 0 Å². The molecule has 0 aliphatic carbocycles. The van der Waals surface area contributed by atoms with Crippen molar-refractivity contribution in [3.8, 4) is 17.2 Å². The van der Waals surface area contributed by atoms with E-state index < -0.39 is 17.6 Å². The molecule has 0 amide bonds. The highest BCUT2D eigenvalue weighted by Gasteiger charge is 2.35. The summed E-state index contributed by atoms with van der Waals surface area (Å²) in [4.78, 5) is 33.4. The van der Waals surface area contributed by atoms with Gasteiger partial charge in [-0.05, 0) is 55.0 Å². The Balaban J connectivity index is 1.57. The summed E-state index contributed by atoms with van der Waals surface area (Å²) in [6.45, 7) is 1.81. The van der Waals surface area contributed by atoms with Gasteiger partial charge in [0.2, 0.25) is 0 Å². The first-order valence-corrected chi connectivity index (χ1v) is 16.2. The van der Waals surface area contributed by atoms with Crippen molar-refractivity contribution in [3.63, 3.8) is 0 Å². The Morgan fingerprint density at radius 1 is 0.958 bits per heavy atom. The van der Waals surface area contributed by atoms with Crippen LogP contribution in [0.4, 0.5) is 4.39 Å². The number of ether oxygens (including phenoxy) is 4. The average Bonchev–Trinajstić information content (AvgIpc) is 3.41. The van der Waals surface area contributed by atoms with Gasteiger partial charge in [0.05, 0.1) is 42.7 Å². The zero-order valence-corrected chi connectivity index (χ0v) is 27.8. The van der Waals surface area contributed by atoms with Crippen LogP contribution in [0.5, 0.6) is 17.2 Å². The number of esters is 1. The van der Waals surface area contributed by atoms with Gasteiger partial charge in [0, 0.05) is 21.7 Å². The molecular weight excluding hydrogens is 655 g/mol. The molecule has 0 fully saturated rings. The van der Waals surface area contributed by atoms with Crippen molar-refractivity contribution in [2.75, 3.05) is 20.8 Å². The molecule has 2 heterocycles. The number of nitrogens with zero attached hydrogens (tertiary/aromatic N) is 2. The van der Waals surface area contributed by atoms with Crippen molar-refractivity contribution in [3.05, 3.63) is 149 Å². The van der Waals surface area contributed by atoms with Crippen LogP contribution in [-0.4, -0.2) is 31.4 Å². The first-order valence-electron chi connectivity index (χ1n) is 15.0. The van der Waals surface area contributed by atoms with Gasteiger partial charge in [-0.25, -0.2) is 14.2 Å². The molecule has 4 aromatic carbocycles. The number of methoxy groups -OCH3 is 2. The van der Waals surface area contributed by atoms with Crippen LogP contribution in [0.1, 0.15) is 35.2 Å². The van der Waals surface area contributed by atoms with Gasteiger partial charge in [-0.1, -0.05) is 77.5 Å². The minimum Gasteiger partial charge on any atom is -0.493 e. The number of aromatic nitrogens is 1. The largest absolute Gasteiger partial charge is 0.493 e. The Kier molecular flexibility index (Phi) is 9.75. The van der Waals surface area contributed by atoms with Crippen LogP contribution in [0.15, 0.2) is 106 Å². The van der Waals surface area contributed by atoms with Crippen LogP contribution >= 0.6 is 22.9 Å². The van der Waals surface area contributed by atoms with Gasteiger partial charge in [-0.3, -0.25) is 9.36 Å². The third-order valence-electron chi connectivity index (χ3n) is 7.70. The van der Waals surface area contributed by atoms with Crippen molar-refractivity contribution in [2.45, 2.75) is 19.6 Å². The van der Waals surface area contributed by atoms with Crippen LogP contribution in [0, 0.1) is 5.82 Å². The molecule has 0 saturated carbocycles. The summed E-state index contributed by atoms with van der Waals surface area (Å²) >= 11 is 7.54. The maximum atomic E-state index is 14.4. The van der Waals surface area contributed by atoms with Gasteiger partial charge in [0.15, 0.2) is 16.3 Å². The summed E-state index contributed by atoms with van der Waals surface area (Å²) in [5, 5.41) is 0.423. The van der Waals surface area contributed by atoms with E-state index in [4.69, 9.17) is 35.5 Å².